The fourth-order valence-corrected chi connectivity index (χ4v) is 1.30. The molecule has 0 saturated heterocycles. The summed E-state index contributed by atoms with van der Waals surface area (Å²) in [5, 5.41) is 0. The Morgan fingerprint density at radius 1 is 1.18 bits per heavy atom. The first kappa shape index (κ1) is 13.2. The molecule has 0 saturated carbocycles. The number of hydrogen-bond acceptors (Lipinski definition) is 3. The van der Waals surface area contributed by atoms with Gasteiger partial charge in [-0.2, -0.15) is 0 Å². The molecule has 0 unspecified atom stereocenters. The molecule has 0 amide bonds. The molecule has 0 heterocycles. The van der Waals surface area contributed by atoms with Gasteiger partial charge < -0.3 is 4.74 Å². The van der Waals surface area contributed by atoms with E-state index in [9.17, 15) is 9.59 Å². The maximum Gasteiger partial charge on any atom is 0.342 e. The minimum Gasteiger partial charge on any atom is -0.459 e. The Labute approximate surface area is 101 Å². The zero-order chi connectivity index (χ0) is 12.8. The average molecular weight is 232 g/mol. The smallest absolute Gasteiger partial charge is 0.342 e. The van der Waals surface area contributed by atoms with Crippen LogP contribution in [0.15, 0.2) is 35.9 Å². The number of rotatable bonds is 4. The summed E-state index contributed by atoms with van der Waals surface area (Å²) in [6.45, 7) is 4.85. The van der Waals surface area contributed by atoms with Crippen molar-refractivity contribution in [2.45, 2.75) is 26.9 Å². The van der Waals surface area contributed by atoms with Gasteiger partial charge in [-0.15, -0.1) is 0 Å². The number of ether oxygens (including phenoxy) is 1. The maximum absolute atomic E-state index is 11.7. The van der Waals surface area contributed by atoms with Crippen LogP contribution in [0.5, 0.6) is 0 Å². The predicted molar refractivity (Wildman–Crippen MR) is 66.3 cm³/mol. The van der Waals surface area contributed by atoms with Crippen LogP contribution in [0, 0.1) is 0 Å². The molecule has 1 aromatic carbocycles. The van der Waals surface area contributed by atoms with E-state index in [1.165, 1.54) is 6.92 Å². The van der Waals surface area contributed by atoms with Gasteiger partial charge in [-0.25, -0.2) is 4.79 Å². The van der Waals surface area contributed by atoms with E-state index in [0.717, 1.165) is 5.56 Å². The molecule has 3 nitrogen and oxygen atoms in total. The lowest BCUT2D eigenvalue weighted by Gasteiger charge is -2.08. The lowest BCUT2D eigenvalue weighted by molar-refractivity contribution is -0.143. The van der Waals surface area contributed by atoms with Crippen molar-refractivity contribution in [3.05, 3.63) is 41.5 Å². The van der Waals surface area contributed by atoms with E-state index in [4.69, 9.17) is 4.74 Å². The zero-order valence-corrected chi connectivity index (χ0v) is 10.3. The summed E-state index contributed by atoms with van der Waals surface area (Å²) in [5.74, 6) is -0.865. The molecular formula is C14H16O3. The minimum absolute atomic E-state index is 0.0740. The monoisotopic (exact) mass is 232 g/mol. The highest BCUT2D eigenvalue weighted by Crippen LogP contribution is 2.10. The highest BCUT2D eigenvalue weighted by Gasteiger charge is 2.17. The molecule has 0 aliphatic rings. The van der Waals surface area contributed by atoms with Crippen molar-refractivity contribution < 1.29 is 14.3 Å². The Hall–Kier alpha value is -1.90. The number of carbonyl (C=O) groups is 2. The van der Waals surface area contributed by atoms with Crippen molar-refractivity contribution in [1.82, 2.24) is 0 Å². The Bertz CT molecular complexity index is 430. The molecule has 0 aliphatic carbocycles. The van der Waals surface area contributed by atoms with Gasteiger partial charge in [-0.05, 0) is 32.4 Å². The van der Waals surface area contributed by atoms with Gasteiger partial charge in [0.25, 0.3) is 0 Å². The topological polar surface area (TPSA) is 43.4 Å². The third-order valence-electron chi connectivity index (χ3n) is 2.05. The number of benzene rings is 1. The second kappa shape index (κ2) is 5.99. The number of Topliss-reactive ketones (excluding diaryl/α,β-unsaturated/α-hetero) is 1. The first-order chi connectivity index (χ1) is 8.00. The van der Waals surface area contributed by atoms with E-state index in [0.29, 0.717) is 0 Å². The number of hydrogen-bond donors (Lipinski definition) is 0. The predicted octanol–water partition coefficient (Wildman–Crippen LogP) is 2.61. The Balaban J connectivity index is 2.98. The molecule has 3 heteroatoms. The first-order valence-corrected chi connectivity index (χ1v) is 5.49. The molecule has 0 spiro atoms. The molecule has 1 aromatic rings. The van der Waals surface area contributed by atoms with Gasteiger partial charge in [-0.1, -0.05) is 30.3 Å². The normalized spacial score (nSPS) is 11.4. The maximum atomic E-state index is 11.7. The van der Waals surface area contributed by atoms with Crippen molar-refractivity contribution in [2.24, 2.45) is 0 Å². The number of carbonyl (C=O) groups excluding carboxylic acids is 2. The molecular weight excluding hydrogens is 216 g/mol. The molecule has 90 valence electrons. The first-order valence-electron chi connectivity index (χ1n) is 5.49. The second-order valence-electron chi connectivity index (χ2n) is 3.98. The van der Waals surface area contributed by atoms with Crippen LogP contribution in [-0.4, -0.2) is 17.9 Å². The van der Waals surface area contributed by atoms with Gasteiger partial charge in [0, 0.05) is 0 Å². The van der Waals surface area contributed by atoms with E-state index in [-0.39, 0.29) is 17.5 Å². The van der Waals surface area contributed by atoms with E-state index >= 15 is 0 Å². The van der Waals surface area contributed by atoms with Gasteiger partial charge in [-0.3, -0.25) is 4.79 Å². The van der Waals surface area contributed by atoms with Crippen molar-refractivity contribution in [3.63, 3.8) is 0 Å². The van der Waals surface area contributed by atoms with Crippen LogP contribution in [0.3, 0.4) is 0 Å². The van der Waals surface area contributed by atoms with Crippen LogP contribution in [-0.2, 0) is 14.3 Å². The van der Waals surface area contributed by atoms with Crippen molar-refractivity contribution >= 4 is 17.8 Å². The summed E-state index contributed by atoms with van der Waals surface area (Å²) in [6, 6.07) is 9.21. The molecule has 17 heavy (non-hydrogen) atoms. The quantitative estimate of drug-likeness (QED) is 0.347. The van der Waals surface area contributed by atoms with Crippen molar-refractivity contribution in [2.75, 3.05) is 0 Å². The molecule has 0 aliphatic heterocycles. The summed E-state index contributed by atoms with van der Waals surface area (Å²) in [6.07, 6.45) is 1.31. The van der Waals surface area contributed by atoms with Gasteiger partial charge >= 0.3 is 5.97 Å². The summed E-state index contributed by atoms with van der Waals surface area (Å²) in [7, 11) is 0. The van der Waals surface area contributed by atoms with Gasteiger partial charge in [0.05, 0.1) is 6.10 Å². The molecule has 0 fully saturated rings. The van der Waals surface area contributed by atoms with Crippen LogP contribution in [0.1, 0.15) is 26.3 Å². The summed E-state index contributed by atoms with van der Waals surface area (Å²) in [5.41, 5.74) is 0.878. The molecule has 0 aromatic heterocycles. The molecule has 0 bridgehead atoms. The van der Waals surface area contributed by atoms with Crippen LogP contribution >= 0.6 is 0 Å². The van der Waals surface area contributed by atoms with Gasteiger partial charge in [0.2, 0.25) is 0 Å². The lowest BCUT2D eigenvalue weighted by atomic mass is 10.1. The summed E-state index contributed by atoms with van der Waals surface area (Å²) < 4.78 is 5.02. The molecule has 0 N–H and O–H groups in total. The highest BCUT2D eigenvalue weighted by atomic mass is 16.5. The van der Waals surface area contributed by atoms with E-state index in [1.807, 2.05) is 30.3 Å². The molecule has 0 radical (unpaired) electrons. The minimum atomic E-state index is -0.573. The summed E-state index contributed by atoms with van der Waals surface area (Å²) in [4.78, 5) is 23.1. The average Bonchev–Trinajstić information content (AvgIpc) is 2.25. The fraction of sp³-hybridized carbons (Fsp3) is 0.286. The van der Waals surface area contributed by atoms with Crippen LogP contribution in [0.2, 0.25) is 0 Å². The lowest BCUT2D eigenvalue weighted by Crippen LogP contribution is -2.17. The van der Waals surface area contributed by atoms with Crippen LogP contribution < -0.4 is 0 Å². The standard InChI is InChI=1S/C14H16O3/c1-10(2)17-14(16)13(11(3)15)9-12-7-5-4-6-8-12/h4-10H,1-3H3/b13-9+. The highest BCUT2D eigenvalue weighted by molar-refractivity contribution is 6.19. The number of esters is 1. The van der Waals surface area contributed by atoms with Crippen LogP contribution in [0.4, 0.5) is 0 Å². The van der Waals surface area contributed by atoms with Crippen LogP contribution in [0.25, 0.3) is 6.08 Å². The Morgan fingerprint density at radius 3 is 2.24 bits per heavy atom. The Kier molecular flexibility index (Phi) is 4.64. The largest absolute Gasteiger partial charge is 0.459 e. The Morgan fingerprint density at radius 2 is 1.76 bits per heavy atom. The number of ketones is 1. The van der Waals surface area contributed by atoms with Gasteiger partial charge in [0.1, 0.15) is 5.57 Å². The van der Waals surface area contributed by atoms with Gasteiger partial charge in [0.15, 0.2) is 5.78 Å². The summed E-state index contributed by atoms with van der Waals surface area (Å²) >= 11 is 0. The molecule has 1 rings (SSSR count). The van der Waals surface area contributed by atoms with Crippen molar-refractivity contribution in [3.8, 4) is 0 Å². The SMILES string of the molecule is CC(=O)/C(=C\c1ccccc1)C(=O)OC(C)C. The third-order valence-corrected chi connectivity index (χ3v) is 2.05. The second-order valence-corrected chi connectivity index (χ2v) is 3.98. The molecule has 0 atom stereocenters. The van der Waals surface area contributed by atoms with E-state index < -0.39 is 5.97 Å². The third kappa shape index (κ3) is 4.23. The van der Waals surface area contributed by atoms with Crippen molar-refractivity contribution in [1.29, 1.82) is 0 Å². The van der Waals surface area contributed by atoms with E-state index in [2.05, 4.69) is 0 Å². The fourth-order valence-electron chi connectivity index (χ4n) is 1.30. The zero-order valence-electron chi connectivity index (χ0n) is 10.3. The van der Waals surface area contributed by atoms with E-state index in [1.54, 1.807) is 19.9 Å².